The highest BCUT2D eigenvalue weighted by Crippen LogP contribution is 2.06. The molecule has 0 fully saturated rings. The molecule has 0 aromatic heterocycles. The van der Waals surface area contributed by atoms with E-state index in [1.807, 2.05) is 12.1 Å². The fourth-order valence-corrected chi connectivity index (χ4v) is 2.28. The third-order valence-corrected chi connectivity index (χ3v) is 3.46. The second-order valence-corrected chi connectivity index (χ2v) is 5.86. The third kappa shape index (κ3) is 7.25. The largest absolute Gasteiger partial charge is 0.451 e. The molecule has 0 aliphatic rings. The summed E-state index contributed by atoms with van der Waals surface area (Å²) in [5, 5.41) is 4.53. The van der Waals surface area contributed by atoms with Crippen LogP contribution in [0.15, 0.2) is 66.4 Å². The lowest BCUT2D eigenvalue weighted by Crippen LogP contribution is -2.36. The van der Waals surface area contributed by atoms with Crippen molar-refractivity contribution in [1.29, 1.82) is 0 Å². The van der Waals surface area contributed by atoms with Crippen molar-refractivity contribution in [2.45, 2.75) is 13.3 Å². The molecule has 0 bridgehead atoms. The first-order valence-corrected chi connectivity index (χ1v) is 8.52. The van der Waals surface area contributed by atoms with Crippen LogP contribution in [0.25, 0.3) is 6.08 Å². The number of esters is 1. The number of hydrogen-bond donors (Lipinski definition) is 2. The number of carbonyl (C=O) groups is 4. The lowest BCUT2D eigenvalue weighted by Gasteiger charge is -2.09. The standard InChI is InChI=1S/C21H20N2O5/c1-15(24)22-18(12-16-8-4-2-5-9-16)21(27)28-14-20(26)23-19(25)13-17-10-6-3-7-11-17/h2-12H,13-14H2,1H3,(H,22,24)(H,23,25,26)/b18-12+. The molecule has 0 atom stereocenters. The minimum atomic E-state index is -0.885. The summed E-state index contributed by atoms with van der Waals surface area (Å²) in [5.41, 5.74) is 1.32. The van der Waals surface area contributed by atoms with Crippen molar-refractivity contribution in [2.75, 3.05) is 6.61 Å². The van der Waals surface area contributed by atoms with E-state index in [1.54, 1.807) is 48.5 Å². The van der Waals surface area contributed by atoms with E-state index in [9.17, 15) is 19.2 Å². The van der Waals surface area contributed by atoms with Crippen LogP contribution in [-0.4, -0.2) is 30.3 Å². The molecule has 0 saturated heterocycles. The lowest BCUT2D eigenvalue weighted by molar-refractivity contribution is -0.146. The monoisotopic (exact) mass is 380 g/mol. The number of rotatable bonds is 7. The van der Waals surface area contributed by atoms with Crippen molar-refractivity contribution in [3.8, 4) is 0 Å². The maximum absolute atomic E-state index is 12.2. The van der Waals surface area contributed by atoms with E-state index in [0.717, 1.165) is 5.56 Å². The first kappa shape index (κ1) is 20.6. The quantitative estimate of drug-likeness (QED) is 0.561. The van der Waals surface area contributed by atoms with Gasteiger partial charge in [0, 0.05) is 6.92 Å². The average molecular weight is 380 g/mol. The summed E-state index contributed by atoms with van der Waals surface area (Å²) in [6.45, 7) is 0.603. The summed E-state index contributed by atoms with van der Waals surface area (Å²) in [6, 6.07) is 17.8. The van der Waals surface area contributed by atoms with Crippen LogP contribution in [0.2, 0.25) is 0 Å². The molecular weight excluding hydrogens is 360 g/mol. The molecule has 3 amide bonds. The molecule has 0 saturated carbocycles. The highest BCUT2D eigenvalue weighted by Gasteiger charge is 2.16. The Hall–Kier alpha value is -3.74. The fourth-order valence-electron chi connectivity index (χ4n) is 2.28. The zero-order chi connectivity index (χ0) is 20.4. The summed E-state index contributed by atoms with van der Waals surface area (Å²) >= 11 is 0. The van der Waals surface area contributed by atoms with Gasteiger partial charge in [-0.1, -0.05) is 60.7 Å². The van der Waals surface area contributed by atoms with Crippen LogP contribution in [0.4, 0.5) is 0 Å². The van der Waals surface area contributed by atoms with Crippen LogP contribution in [0.1, 0.15) is 18.1 Å². The smallest absolute Gasteiger partial charge is 0.355 e. The van der Waals surface area contributed by atoms with Gasteiger partial charge in [-0.15, -0.1) is 0 Å². The van der Waals surface area contributed by atoms with Gasteiger partial charge in [-0.25, -0.2) is 4.79 Å². The van der Waals surface area contributed by atoms with Crippen molar-refractivity contribution in [2.24, 2.45) is 0 Å². The molecule has 2 aromatic carbocycles. The topological polar surface area (TPSA) is 102 Å². The third-order valence-electron chi connectivity index (χ3n) is 3.46. The van der Waals surface area contributed by atoms with Crippen LogP contribution in [0, 0.1) is 0 Å². The Bertz CT molecular complexity index is 876. The van der Waals surface area contributed by atoms with Gasteiger partial charge in [0.05, 0.1) is 6.42 Å². The van der Waals surface area contributed by atoms with E-state index in [4.69, 9.17) is 4.74 Å². The van der Waals surface area contributed by atoms with Gasteiger partial charge in [0.15, 0.2) is 6.61 Å². The number of amides is 3. The minimum Gasteiger partial charge on any atom is -0.451 e. The van der Waals surface area contributed by atoms with E-state index >= 15 is 0 Å². The molecule has 7 nitrogen and oxygen atoms in total. The van der Waals surface area contributed by atoms with Crippen molar-refractivity contribution in [3.63, 3.8) is 0 Å². The molecule has 0 radical (unpaired) electrons. The van der Waals surface area contributed by atoms with Crippen molar-refractivity contribution in [3.05, 3.63) is 77.5 Å². The van der Waals surface area contributed by atoms with Crippen molar-refractivity contribution >= 4 is 29.8 Å². The normalized spacial score (nSPS) is 10.7. The van der Waals surface area contributed by atoms with Crippen LogP contribution in [0.5, 0.6) is 0 Å². The first-order chi connectivity index (χ1) is 13.4. The molecule has 0 spiro atoms. The van der Waals surface area contributed by atoms with Crippen molar-refractivity contribution in [1.82, 2.24) is 10.6 Å². The molecule has 2 rings (SSSR count). The second kappa shape index (κ2) is 10.4. The number of ether oxygens (including phenoxy) is 1. The molecule has 0 heterocycles. The van der Waals surface area contributed by atoms with Gasteiger partial charge in [0.2, 0.25) is 11.8 Å². The molecule has 0 aliphatic heterocycles. The first-order valence-electron chi connectivity index (χ1n) is 8.52. The van der Waals surface area contributed by atoms with Crippen LogP contribution in [-0.2, 0) is 30.3 Å². The highest BCUT2D eigenvalue weighted by atomic mass is 16.5. The van der Waals surface area contributed by atoms with Crippen molar-refractivity contribution < 1.29 is 23.9 Å². The van der Waals surface area contributed by atoms with E-state index in [-0.39, 0.29) is 12.1 Å². The number of nitrogens with one attached hydrogen (secondary N) is 2. The summed E-state index contributed by atoms with van der Waals surface area (Å²) in [4.78, 5) is 47.2. The molecule has 144 valence electrons. The van der Waals surface area contributed by atoms with Gasteiger partial charge in [-0.3, -0.25) is 19.7 Å². The summed E-state index contributed by atoms with van der Waals surface area (Å²) in [6.07, 6.45) is 1.47. The molecular formula is C21H20N2O5. The van der Waals surface area contributed by atoms with Gasteiger partial charge in [0.1, 0.15) is 5.70 Å². The van der Waals surface area contributed by atoms with E-state index in [2.05, 4.69) is 10.6 Å². The Morgan fingerprint density at radius 1 is 0.857 bits per heavy atom. The fraction of sp³-hybridized carbons (Fsp3) is 0.143. The van der Waals surface area contributed by atoms with E-state index in [0.29, 0.717) is 5.56 Å². The lowest BCUT2D eigenvalue weighted by atomic mass is 10.1. The predicted molar refractivity (Wildman–Crippen MR) is 102 cm³/mol. The summed E-state index contributed by atoms with van der Waals surface area (Å²) in [7, 11) is 0. The Labute approximate surface area is 162 Å². The minimum absolute atomic E-state index is 0.0333. The Kier molecular flexibility index (Phi) is 7.65. The Morgan fingerprint density at radius 3 is 2.07 bits per heavy atom. The number of benzene rings is 2. The number of carbonyl (C=O) groups excluding carboxylic acids is 4. The Morgan fingerprint density at radius 2 is 1.46 bits per heavy atom. The van der Waals surface area contributed by atoms with E-state index in [1.165, 1.54) is 13.0 Å². The zero-order valence-corrected chi connectivity index (χ0v) is 15.3. The predicted octanol–water partition coefficient (Wildman–Crippen LogP) is 1.59. The maximum atomic E-state index is 12.2. The molecule has 7 heteroatoms. The van der Waals surface area contributed by atoms with Crippen LogP contribution < -0.4 is 10.6 Å². The summed E-state index contributed by atoms with van der Waals surface area (Å²) < 4.78 is 4.90. The van der Waals surface area contributed by atoms with Gasteiger partial charge in [0.25, 0.3) is 5.91 Å². The average Bonchev–Trinajstić information content (AvgIpc) is 2.66. The Balaban J connectivity index is 1.90. The van der Waals surface area contributed by atoms with Gasteiger partial charge in [-0.05, 0) is 17.2 Å². The number of imide groups is 1. The number of hydrogen-bond acceptors (Lipinski definition) is 5. The second-order valence-electron chi connectivity index (χ2n) is 5.86. The SMILES string of the molecule is CC(=O)N/C(=C/c1ccccc1)C(=O)OCC(=O)NC(=O)Cc1ccccc1. The molecule has 0 aliphatic carbocycles. The molecule has 2 N–H and O–H groups in total. The van der Waals surface area contributed by atoms with Gasteiger partial charge >= 0.3 is 5.97 Å². The van der Waals surface area contributed by atoms with E-state index < -0.39 is 30.3 Å². The molecule has 2 aromatic rings. The molecule has 0 unspecified atom stereocenters. The zero-order valence-electron chi connectivity index (χ0n) is 15.3. The van der Waals surface area contributed by atoms with Crippen LogP contribution in [0.3, 0.4) is 0 Å². The molecule has 28 heavy (non-hydrogen) atoms. The highest BCUT2D eigenvalue weighted by molar-refractivity contribution is 6.00. The van der Waals surface area contributed by atoms with Gasteiger partial charge < -0.3 is 10.1 Å². The van der Waals surface area contributed by atoms with Gasteiger partial charge in [-0.2, -0.15) is 0 Å². The van der Waals surface area contributed by atoms with Crippen LogP contribution >= 0.6 is 0 Å². The maximum Gasteiger partial charge on any atom is 0.355 e. The summed E-state index contributed by atoms with van der Waals surface area (Å²) in [5.74, 6) is -2.60.